The van der Waals surface area contributed by atoms with Crippen molar-refractivity contribution in [1.29, 1.82) is 0 Å². The van der Waals surface area contributed by atoms with Crippen LogP contribution in [0.4, 0.5) is 5.13 Å². The first-order chi connectivity index (χ1) is 12.4. The summed E-state index contributed by atoms with van der Waals surface area (Å²) in [5.41, 5.74) is 1.90. The molecule has 1 amide bonds. The normalized spacial score (nSPS) is 15.0. The Morgan fingerprint density at radius 3 is 3.00 bits per heavy atom. The Bertz CT molecular complexity index is 1050. The van der Waals surface area contributed by atoms with Crippen LogP contribution in [0, 0.1) is 0 Å². The van der Waals surface area contributed by atoms with Gasteiger partial charge in [-0.25, -0.2) is 13.4 Å². The van der Waals surface area contributed by atoms with E-state index in [2.05, 4.69) is 20.5 Å². The molecular formula is C15H15N5O3S3. The lowest BCUT2D eigenvalue weighted by atomic mass is 10.2. The van der Waals surface area contributed by atoms with E-state index in [1.54, 1.807) is 17.4 Å². The maximum absolute atomic E-state index is 12.4. The summed E-state index contributed by atoms with van der Waals surface area (Å²) in [5.74, 6) is -0.352. The number of aromatic nitrogens is 3. The fourth-order valence-corrected chi connectivity index (χ4v) is 5.25. The van der Waals surface area contributed by atoms with Crippen LogP contribution < -0.4 is 5.32 Å². The molecule has 0 unspecified atom stereocenters. The van der Waals surface area contributed by atoms with E-state index in [1.165, 1.54) is 21.9 Å². The Morgan fingerprint density at radius 1 is 1.42 bits per heavy atom. The molecule has 8 nitrogen and oxygen atoms in total. The third-order valence-electron chi connectivity index (χ3n) is 3.98. The Hall–Kier alpha value is -2.08. The highest BCUT2D eigenvalue weighted by Gasteiger charge is 2.26. The molecule has 3 aromatic heterocycles. The molecule has 0 atom stereocenters. The second-order valence-electron chi connectivity index (χ2n) is 5.83. The van der Waals surface area contributed by atoms with Crippen LogP contribution in [0.3, 0.4) is 0 Å². The molecule has 3 aromatic rings. The summed E-state index contributed by atoms with van der Waals surface area (Å²) in [6.07, 6.45) is 1.74. The summed E-state index contributed by atoms with van der Waals surface area (Å²) in [6, 6.07) is 5.57. The number of fused-ring (bicyclic) bond motifs is 1. The first-order valence-corrected chi connectivity index (χ1v) is 11.3. The summed E-state index contributed by atoms with van der Waals surface area (Å²) in [4.78, 5) is 18.7. The maximum Gasteiger partial charge on any atom is 0.277 e. The molecule has 0 aliphatic carbocycles. The van der Waals surface area contributed by atoms with Crippen molar-refractivity contribution in [3.05, 3.63) is 39.8 Å². The number of aromatic amines is 1. The first-order valence-electron chi connectivity index (χ1n) is 7.74. The van der Waals surface area contributed by atoms with E-state index in [4.69, 9.17) is 0 Å². The fraction of sp³-hybridized carbons (Fsp3) is 0.267. The zero-order valence-electron chi connectivity index (χ0n) is 13.7. The first kappa shape index (κ1) is 17.3. The Balaban J connectivity index is 1.49. The summed E-state index contributed by atoms with van der Waals surface area (Å²) in [7, 11) is -3.23. The molecule has 4 heterocycles. The van der Waals surface area contributed by atoms with Gasteiger partial charge in [-0.15, -0.1) is 22.7 Å². The molecule has 136 valence electrons. The molecule has 0 bridgehead atoms. The number of nitrogens with one attached hydrogen (secondary N) is 2. The molecule has 0 fully saturated rings. The number of carbonyl (C=O) groups is 1. The van der Waals surface area contributed by atoms with Gasteiger partial charge in [-0.05, 0) is 17.5 Å². The number of thiazole rings is 1. The summed E-state index contributed by atoms with van der Waals surface area (Å²) >= 11 is 2.86. The molecule has 26 heavy (non-hydrogen) atoms. The van der Waals surface area contributed by atoms with Crippen LogP contribution in [-0.4, -0.2) is 46.6 Å². The number of amides is 1. The number of carbonyl (C=O) groups excluding carboxylic acids is 1. The number of hydrogen-bond donors (Lipinski definition) is 2. The Kier molecular flexibility index (Phi) is 4.39. The summed E-state index contributed by atoms with van der Waals surface area (Å²) in [5, 5.41) is 12.1. The monoisotopic (exact) mass is 409 g/mol. The lowest BCUT2D eigenvalue weighted by molar-refractivity contribution is 0.102. The third kappa shape index (κ3) is 3.43. The van der Waals surface area contributed by atoms with Gasteiger partial charge in [0, 0.05) is 24.4 Å². The quantitative estimate of drug-likeness (QED) is 0.686. The average molecular weight is 410 g/mol. The SMILES string of the molecule is CS(=O)(=O)N1CCc2nc(NC(=O)c3cc(-c4cccs4)[nH]n3)sc2C1. The van der Waals surface area contributed by atoms with E-state index in [-0.39, 0.29) is 11.6 Å². The standard InChI is InChI=1S/C15H15N5O3S3/c1-26(22,23)20-5-4-9-13(8-20)25-15(16-9)17-14(21)11-7-10(18-19-11)12-3-2-6-24-12/h2-3,6-7H,4-5,8H2,1H3,(H,18,19)(H,16,17,21). The molecule has 0 radical (unpaired) electrons. The molecule has 0 saturated heterocycles. The highest BCUT2D eigenvalue weighted by Crippen LogP contribution is 2.29. The average Bonchev–Trinajstić information content (AvgIpc) is 3.32. The molecule has 2 N–H and O–H groups in total. The van der Waals surface area contributed by atoms with Crippen molar-refractivity contribution in [2.75, 3.05) is 18.1 Å². The molecule has 4 rings (SSSR count). The molecule has 0 saturated carbocycles. The van der Waals surface area contributed by atoms with Crippen LogP contribution >= 0.6 is 22.7 Å². The predicted molar refractivity (Wildman–Crippen MR) is 101 cm³/mol. The largest absolute Gasteiger partial charge is 0.296 e. The number of hydrogen-bond acceptors (Lipinski definition) is 7. The lowest BCUT2D eigenvalue weighted by Crippen LogP contribution is -2.34. The van der Waals surface area contributed by atoms with E-state index in [1.807, 2.05) is 17.5 Å². The van der Waals surface area contributed by atoms with Gasteiger partial charge in [0.05, 0.1) is 22.5 Å². The predicted octanol–water partition coefficient (Wildman–Crippen LogP) is 2.16. The summed E-state index contributed by atoms with van der Waals surface area (Å²) < 4.78 is 24.8. The third-order valence-corrected chi connectivity index (χ3v) is 7.13. The highest BCUT2D eigenvalue weighted by atomic mass is 32.2. The van der Waals surface area contributed by atoms with E-state index in [0.717, 1.165) is 21.1 Å². The van der Waals surface area contributed by atoms with Gasteiger partial charge in [0.2, 0.25) is 10.0 Å². The minimum absolute atomic E-state index is 0.277. The number of nitrogens with zero attached hydrogens (tertiary/aromatic N) is 3. The Morgan fingerprint density at radius 2 is 2.27 bits per heavy atom. The molecule has 0 spiro atoms. The van der Waals surface area contributed by atoms with Gasteiger partial charge in [0.25, 0.3) is 5.91 Å². The zero-order valence-corrected chi connectivity index (χ0v) is 16.2. The number of anilines is 1. The highest BCUT2D eigenvalue weighted by molar-refractivity contribution is 7.88. The van der Waals surface area contributed by atoms with Crippen molar-refractivity contribution >= 4 is 43.7 Å². The molecular weight excluding hydrogens is 394 g/mol. The van der Waals surface area contributed by atoms with E-state index >= 15 is 0 Å². The topological polar surface area (TPSA) is 108 Å². The smallest absolute Gasteiger partial charge is 0.277 e. The van der Waals surface area contributed by atoms with Crippen LogP contribution in [0.1, 0.15) is 21.1 Å². The number of thiophene rings is 1. The van der Waals surface area contributed by atoms with Gasteiger partial charge in [-0.2, -0.15) is 9.40 Å². The van der Waals surface area contributed by atoms with Crippen LogP contribution in [0.25, 0.3) is 10.6 Å². The van der Waals surface area contributed by atoms with Crippen molar-refractivity contribution in [3.8, 4) is 10.6 Å². The van der Waals surface area contributed by atoms with Gasteiger partial charge in [0.15, 0.2) is 10.8 Å². The Labute approximate surface area is 157 Å². The summed E-state index contributed by atoms with van der Waals surface area (Å²) in [6.45, 7) is 0.707. The van der Waals surface area contributed by atoms with Crippen molar-refractivity contribution in [2.24, 2.45) is 0 Å². The molecule has 1 aliphatic heterocycles. The van der Waals surface area contributed by atoms with E-state index in [0.29, 0.717) is 24.6 Å². The van der Waals surface area contributed by atoms with Gasteiger partial charge in [-0.1, -0.05) is 6.07 Å². The number of rotatable bonds is 4. The van der Waals surface area contributed by atoms with Gasteiger partial charge in [0.1, 0.15) is 0 Å². The second-order valence-corrected chi connectivity index (χ2v) is 9.85. The van der Waals surface area contributed by atoms with Crippen molar-refractivity contribution in [3.63, 3.8) is 0 Å². The maximum atomic E-state index is 12.4. The number of sulfonamides is 1. The van der Waals surface area contributed by atoms with Crippen molar-refractivity contribution in [2.45, 2.75) is 13.0 Å². The minimum atomic E-state index is -3.23. The van der Waals surface area contributed by atoms with Crippen LogP contribution in [0.2, 0.25) is 0 Å². The van der Waals surface area contributed by atoms with Gasteiger partial charge >= 0.3 is 0 Å². The van der Waals surface area contributed by atoms with Gasteiger partial charge < -0.3 is 0 Å². The van der Waals surface area contributed by atoms with Crippen LogP contribution in [0.5, 0.6) is 0 Å². The van der Waals surface area contributed by atoms with Crippen LogP contribution in [-0.2, 0) is 23.0 Å². The lowest BCUT2D eigenvalue weighted by Gasteiger charge is -2.23. The zero-order chi connectivity index (χ0) is 18.3. The number of H-pyrrole nitrogens is 1. The fourth-order valence-electron chi connectivity index (χ4n) is 2.67. The van der Waals surface area contributed by atoms with Crippen molar-refractivity contribution in [1.82, 2.24) is 19.5 Å². The van der Waals surface area contributed by atoms with E-state index < -0.39 is 10.0 Å². The molecule has 1 aliphatic rings. The van der Waals surface area contributed by atoms with Crippen LogP contribution in [0.15, 0.2) is 23.6 Å². The molecule has 11 heteroatoms. The second kappa shape index (κ2) is 6.58. The minimum Gasteiger partial charge on any atom is -0.296 e. The van der Waals surface area contributed by atoms with Crippen molar-refractivity contribution < 1.29 is 13.2 Å². The van der Waals surface area contributed by atoms with E-state index in [9.17, 15) is 13.2 Å². The molecule has 0 aromatic carbocycles. The van der Waals surface area contributed by atoms with Gasteiger partial charge in [-0.3, -0.25) is 15.2 Å².